The minimum Gasteiger partial charge on any atom is -0.316 e. The fourth-order valence-corrected chi connectivity index (χ4v) is 1.70. The highest BCUT2D eigenvalue weighted by Crippen LogP contribution is 2.12. The molecule has 1 heterocycles. The molecule has 0 aliphatic carbocycles. The molecule has 1 aromatic rings. The van der Waals surface area contributed by atoms with Gasteiger partial charge in [-0.3, -0.25) is 0 Å². The van der Waals surface area contributed by atoms with Crippen LogP contribution < -0.4 is 5.32 Å². The van der Waals surface area contributed by atoms with Crippen molar-refractivity contribution >= 4 is 18.5 Å². The molecule has 1 unspecified atom stereocenters. The minimum atomic E-state index is -0.170. The first kappa shape index (κ1) is 12.2. The van der Waals surface area contributed by atoms with Crippen LogP contribution in [-0.2, 0) is 0 Å². The van der Waals surface area contributed by atoms with Crippen LogP contribution >= 0.6 is 12.4 Å². The van der Waals surface area contributed by atoms with Crippen LogP contribution in [0.2, 0.25) is 0 Å². The first-order chi connectivity index (χ1) is 6.84. The van der Waals surface area contributed by atoms with Crippen molar-refractivity contribution in [3.63, 3.8) is 0 Å². The molecule has 0 aromatic heterocycles. The molecule has 0 spiro atoms. The molecule has 1 aliphatic heterocycles. The van der Waals surface area contributed by atoms with Gasteiger partial charge in [-0.1, -0.05) is 24.3 Å². The van der Waals surface area contributed by atoms with Crippen molar-refractivity contribution < 1.29 is 4.39 Å². The van der Waals surface area contributed by atoms with Gasteiger partial charge in [-0.05, 0) is 36.6 Å². The minimum absolute atomic E-state index is 0. The summed E-state index contributed by atoms with van der Waals surface area (Å²) in [5.74, 6) is 0.440. The Hall–Kier alpha value is -0.860. The van der Waals surface area contributed by atoms with Gasteiger partial charge in [0.2, 0.25) is 0 Å². The summed E-state index contributed by atoms with van der Waals surface area (Å²) in [6.07, 6.45) is 5.35. The van der Waals surface area contributed by atoms with Crippen LogP contribution in [0.25, 0.3) is 6.08 Å². The molecule has 1 N–H and O–H groups in total. The van der Waals surface area contributed by atoms with Crippen LogP contribution in [0, 0.1) is 11.7 Å². The van der Waals surface area contributed by atoms with Gasteiger partial charge in [0.15, 0.2) is 0 Å². The summed E-state index contributed by atoms with van der Waals surface area (Å²) in [7, 11) is 0. The predicted molar refractivity (Wildman–Crippen MR) is 63.7 cm³/mol. The van der Waals surface area contributed by atoms with Gasteiger partial charge in [0, 0.05) is 6.54 Å². The second-order valence-electron chi connectivity index (χ2n) is 3.67. The number of nitrogens with one attached hydrogen (secondary N) is 1. The molecule has 0 bridgehead atoms. The zero-order valence-corrected chi connectivity index (χ0v) is 9.27. The van der Waals surface area contributed by atoms with Gasteiger partial charge < -0.3 is 5.32 Å². The lowest BCUT2D eigenvalue weighted by Crippen LogP contribution is -2.07. The number of hydrogen-bond donors (Lipinski definition) is 1. The lowest BCUT2D eigenvalue weighted by Gasteiger charge is -1.99. The average molecular weight is 228 g/mol. The van der Waals surface area contributed by atoms with Crippen LogP contribution in [-0.4, -0.2) is 13.1 Å². The van der Waals surface area contributed by atoms with E-state index in [1.807, 2.05) is 12.1 Å². The summed E-state index contributed by atoms with van der Waals surface area (Å²) in [6, 6.07) is 6.68. The lowest BCUT2D eigenvalue weighted by atomic mass is 10.1. The van der Waals surface area contributed by atoms with Crippen LogP contribution in [0.3, 0.4) is 0 Å². The Morgan fingerprint density at radius 1 is 1.40 bits per heavy atom. The van der Waals surface area contributed by atoms with Crippen LogP contribution in [0.4, 0.5) is 4.39 Å². The van der Waals surface area contributed by atoms with E-state index in [0.717, 1.165) is 18.7 Å². The van der Waals surface area contributed by atoms with Crippen LogP contribution in [0.1, 0.15) is 12.0 Å². The highest BCUT2D eigenvalue weighted by atomic mass is 35.5. The fraction of sp³-hybridized carbons (Fsp3) is 0.333. The Labute approximate surface area is 95.8 Å². The largest absolute Gasteiger partial charge is 0.316 e. The normalized spacial score (nSPS) is 20.5. The molecule has 1 nitrogen and oxygen atoms in total. The molecular formula is C12H15ClFN. The van der Waals surface area contributed by atoms with Crippen molar-refractivity contribution in [2.75, 3.05) is 13.1 Å². The van der Waals surface area contributed by atoms with Gasteiger partial charge in [0.25, 0.3) is 0 Å². The molecule has 1 aliphatic rings. The van der Waals surface area contributed by atoms with E-state index in [-0.39, 0.29) is 18.2 Å². The maximum Gasteiger partial charge on any atom is 0.123 e. The fourth-order valence-electron chi connectivity index (χ4n) is 1.70. The molecule has 3 heteroatoms. The molecule has 0 amide bonds. The SMILES string of the molecule is Cl.Fc1cccc(/C=C/C2CCNC2)c1. The maximum absolute atomic E-state index is 12.8. The average Bonchev–Trinajstić information content (AvgIpc) is 2.67. The Balaban J connectivity index is 0.00000112. The first-order valence-electron chi connectivity index (χ1n) is 4.99. The monoisotopic (exact) mass is 227 g/mol. The van der Waals surface area contributed by atoms with Gasteiger partial charge in [-0.15, -0.1) is 12.4 Å². The Bertz CT molecular complexity index is 332. The lowest BCUT2D eigenvalue weighted by molar-refractivity contribution is 0.627. The van der Waals surface area contributed by atoms with Gasteiger partial charge >= 0.3 is 0 Å². The zero-order chi connectivity index (χ0) is 9.80. The molecule has 1 saturated heterocycles. The maximum atomic E-state index is 12.8. The third kappa shape index (κ3) is 3.65. The third-order valence-corrected chi connectivity index (χ3v) is 2.51. The van der Waals surface area contributed by atoms with Crippen molar-refractivity contribution in [3.8, 4) is 0 Å². The molecule has 2 rings (SSSR count). The van der Waals surface area contributed by atoms with E-state index in [2.05, 4.69) is 11.4 Å². The Morgan fingerprint density at radius 2 is 2.27 bits per heavy atom. The van der Waals surface area contributed by atoms with Crippen molar-refractivity contribution in [3.05, 3.63) is 41.7 Å². The van der Waals surface area contributed by atoms with Gasteiger partial charge in [-0.2, -0.15) is 0 Å². The van der Waals surface area contributed by atoms with E-state index in [9.17, 15) is 4.39 Å². The second kappa shape index (κ2) is 5.89. The van der Waals surface area contributed by atoms with E-state index >= 15 is 0 Å². The van der Waals surface area contributed by atoms with Crippen molar-refractivity contribution in [1.29, 1.82) is 0 Å². The molecule has 15 heavy (non-hydrogen) atoms. The summed E-state index contributed by atoms with van der Waals surface area (Å²) in [6.45, 7) is 2.14. The molecule has 1 aromatic carbocycles. The van der Waals surface area contributed by atoms with Crippen LogP contribution in [0.5, 0.6) is 0 Å². The highest BCUT2D eigenvalue weighted by Gasteiger charge is 2.09. The topological polar surface area (TPSA) is 12.0 Å². The number of rotatable bonds is 2. The van der Waals surface area contributed by atoms with Crippen molar-refractivity contribution in [2.24, 2.45) is 5.92 Å². The molecular weight excluding hydrogens is 213 g/mol. The van der Waals surface area contributed by atoms with Gasteiger partial charge in [0.1, 0.15) is 5.82 Å². The zero-order valence-electron chi connectivity index (χ0n) is 8.45. The van der Waals surface area contributed by atoms with Crippen LogP contribution in [0.15, 0.2) is 30.3 Å². The van der Waals surface area contributed by atoms with Crippen molar-refractivity contribution in [1.82, 2.24) is 5.32 Å². The summed E-state index contributed by atoms with van der Waals surface area (Å²) >= 11 is 0. The van der Waals surface area contributed by atoms with E-state index in [1.165, 1.54) is 12.5 Å². The molecule has 0 saturated carbocycles. The molecule has 0 radical (unpaired) electrons. The van der Waals surface area contributed by atoms with E-state index < -0.39 is 0 Å². The van der Waals surface area contributed by atoms with Crippen molar-refractivity contribution in [2.45, 2.75) is 6.42 Å². The van der Waals surface area contributed by atoms with Gasteiger partial charge in [-0.25, -0.2) is 4.39 Å². The number of hydrogen-bond acceptors (Lipinski definition) is 1. The second-order valence-corrected chi connectivity index (χ2v) is 3.67. The molecule has 82 valence electrons. The third-order valence-electron chi connectivity index (χ3n) is 2.51. The number of halogens is 2. The van der Waals surface area contributed by atoms with E-state index in [1.54, 1.807) is 12.1 Å². The molecule has 1 atom stereocenters. The Morgan fingerprint density at radius 3 is 2.93 bits per heavy atom. The first-order valence-corrected chi connectivity index (χ1v) is 4.99. The summed E-state index contributed by atoms with van der Waals surface area (Å²) in [5.41, 5.74) is 0.942. The van der Waals surface area contributed by atoms with E-state index in [4.69, 9.17) is 0 Å². The standard InChI is InChI=1S/C12H14FN.ClH/c13-12-3-1-2-10(8-12)4-5-11-6-7-14-9-11;/h1-5,8,11,14H,6-7,9H2;1H/b5-4+;. The number of benzene rings is 1. The predicted octanol–water partition coefficient (Wildman–Crippen LogP) is 2.87. The summed E-state index contributed by atoms with van der Waals surface area (Å²) in [4.78, 5) is 0. The molecule has 1 fully saturated rings. The quantitative estimate of drug-likeness (QED) is 0.819. The highest BCUT2D eigenvalue weighted by molar-refractivity contribution is 5.85. The van der Waals surface area contributed by atoms with E-state index in [0.29, 0.717) is 5.92 Å². The summed E-state index contributed by atoms with van der Waals surface area (Å²) in [5, 5.41) is 3.29. The van der Waals surface area contributed by atoms with Gasteiger partial charge in [0.05, 0.1) is 0 Å². The Kier molecular flexibility index (Phi) is 4.79. The summed E-state index contributed by atoms with van der Waals surface area (Å²) < 4.78 is 12.8. The smallest absolute Gasteiger partial charge is 0.123 e.